The van der Waals surface area contributed by atoms with E-state index in [1.54, 1.807) is 11.3 Å². The second-order valence-corrected chi connectivity index (χ2v) is 5.72. The maximum atomic E-state index is 5.72. The molecule has 0 aliphatic heterocycles. The molecule has 0 atom stereocenters. The SMILES string of the molecule is CCCC(C)(C)Nc1nc(N)nc2sccc12. The van der Waals surface area contributed by atoms with E-state index < -0.39 is 0 Å². The van der Waals surface area contributed by atoms with Gasteiger partial charge in [-0.1, -0.05) is 13.3 Å². The number of nitrogens with two attached hydrogens (primary N) is 1. The van der Waals surface area contributed by atoms with Crippen LogP contribution in [0.2, 0.25) is 0 Å². The van der Waals surface area contributed by atoms with Crippen LogP contribution in [0.3, 0.4) is 0 Å². The van der Waals surface area contributed by atoms with Crippen LogP contribution in [0, 0.1) is 0 Å². The highest BCUT2D eigenvalue weighted by molar-refractivity contribution is 7.16. The zero-order chi connectivity index (χ0) is 12.5. The highest BCUT2D eigenvalue weighted by Crippen LogP contribution is 2.28. The highest BCUT2D eigenvalue weighted by Gasteiger charge is 2.18. The van der Waals surface area contributed by atoms with Crippen molar-refractivity contribution in [3.05, 3.63) is 11.4 Å². The molecule has 0 bridgehead atoms. The first kappa shape index (κ1) is 12.1. The number of fused-ring (bicyclic) bond motifs is 1. The first-order valence-electron chi connectivity index (χ1n) is 5.81. The fraction of sp³-hybridized carbons (Fsp3) is 0.500. The first-order valence-corrected chi connectivity index (χ1v) is 6.69. The van der Waals surface area contributed by atoms with Gasteiger partial charge >= 0.3 is 0 Å². The lowest BCUT2D eigenvalue weighted by Gasteiger charge is -2.26. The molecule has 0 aliphatic rings. The minimum atomic E-state index is 0.0183. The van der Waals surface area contributed by atoms with E-state index in [4.69, 9.17) is 5.73 Å². The van der Waals surface area contributed by atoms with E-state index in [1.807, 2.05) is 11.4 Å². The third-order valence-electron chi connectivity index (χ3n) is 2.67. The summed E-state index contributed by atoms with van der Waals surface area (Å²) in [7, 11) is 0. The van der Waals surface area contributed by atoms with Gasteiger partial charge in [-0.05, 0) is 31.7 Å². The molecular formula is C12H18N4S. The Morgan fingerprint density at radius 1 is 1.41 bits per heavy atom. The summed E-state index contributed by atoms with van der Waals surface area (Å²) in [5.74, 6) is 1.17. The summed E-state index contributed by atoms with van der Waals surface area (Å²) >= 11 is 1.58. The summed E-state index contributed by atoms with van der Waals surface area (Å²) in [5.41, 5.74) is 5.74. The molecule has 0 spiro atoms. The van der Waals surface area contributed by atoms with Gasteiger partial charge in [0.2, 0.25) is 5.95 Å². The van der Waals surface area contributed by atoms with Gasteiger partial charge in [0.25, 0.3) is 0 Å². The molecule has 4 nitrogen and oxygen atoms in total. The predicted octanol–water partition coefficient (Wildman–Crippen LogP) is 3.26. The largest absolute Gasteiger partial charge is 0.368 e. The minimum absolute atomic E-state index is 0.0183. The van der Waals surface area contributed by atoms with E-state index in [0.29, 0.717) is 5.95 Å². The van der Waals surface area contributed by atoms with Crippen molar-refractivity contribution in [2.24, 2.45) is 0 Å². The lowest BCUT2D eigenvalue weighted by molar-refractivity contribution is 0.510. The smallest absolute Gasteiger partial charge is 0.223 e. The van der Waals surface area contributed by atoms with Crippen LogP contribution in [0.25, 0.3) is 10.2 Å². The van der Waals surface area contributed by atoms with Crippen molar-refractivity contribution >= 4 is 33.3 Å². The van der Waals surface area contributed by atoms with Crippen molar-refractivity contribution in [3.8, 4) is 0 Å². The molecule has 0 fully saturated rings. The Hall–Kier alpha value is -1.36. The van der Waals surface area contributed by atoms with Gasteiger partial charge in [0.15, 0.2) is 0 Å². The number of anilines is 2. The molecule has 0 saturated heterocycles. The Balaban J connectivity index is 2.37. The molecule has 2 heterocycles. The molecule has 5 heteroatoms. The average Bonchev–Trinajstić information content (AvgIpc) is 2.64. The topological polar surface area (TPSA) is 63.8 Å². The molecule has 0 aromatic carbocycles. The molecule has 3 N–H and O–H groups in total. The van der Waals surface area contributed by atoms with E-state index in [2.05, 4.69) is 36.1 Å². The number of thiophene rings is 1. The van der Waals surface area contributed by atoms with Crippen molar-refractivity contribution < 1.29 is 0 Å². The number of nitrogens with one attached hydrogen (secondary N) is 1. The Morgan fingerprint density at radius 3 is 2.88 bits per heavy atom. The van der Waals surface area contributed by atoms with Crippen LogP contribution < -0.4 is 11.1 Å². The highest BCUT2D eigenvalue weighted by atomic mass is 32.1. The third kappa shape index (κ3) is 2.66. The summed E-state index contributed by atoms with van der Waals surface area (Å²) in [4.78, 5) is 9.46. The molecule has 0 radical (unpaired) electrons. The predicted molar refractivity (Wildman–Crippen MR) is 74.4 cm³/mol. The van der Waals surface area contributed by atoms with Crippen molar-refractivity contribution in [1.82, 2.24) is 9.97 Å². The van der Waals surface area contributed by atoms with Gasteiger partial charge in [-0.3, -0.25) is 0 Å². The van der Waals surface area contributed by atoms with E-state index in [9.17, 15) is 0 Å². The summed E-state index contributed by atoms with van der Waals surface area (Å²) in [6, 6.07) is 2.03. The number of nitrogens with zero attached hydrogens (tertiary/aromatic N) is 2. The number of hydrogen-bond acceptors (Lipinski definition) is 5. The molecule has 0 unspecified atom stereocenters. The summed E-state index contributed by atoms with van der Waals surface area (Å²) in [6.45, 7) is 6.53. The second-order valence-electron chi connectivity index (χ2n) is 4.83. The summed E-state index contributed by atoms with van der Waals surface area (Å²) in [5, 5.41) is 6.52. The van der Waals surface area contributed by atoms with Crippen LogP contribution >= 0.6 is 11.3 Å². The molecule has 2 rings (SSSR count). The monoisotopic (exact) mass is 250 g/mol. The van der Waals surface area contributed by atoms with Gasteiger partial charge in [-0.15, -0.1) is 11.3 Å². The minimum Gasteiger partial charge on any atom is -0.368 e. The van der Waals surface area contributed by atoms with Crippen LogP contribution in [-0.4, -0.2) is 15.5 Å². The normalized spacial score (nSPS) is 11.9. The lowest BCUT2D eigenvalue weighted by Crippen LogP contribution is -2.31. The van der Waals surface area contributed by atoms with E-state index >= 15 is 0 Å². The Kier molecular flexibility index (Phi) is 3.19. The van der Waals surface area contributed by atoms with Crippen LogP contribution in [0.15, 0.2) is 11.4 Å². The van der Waals surface area contributed by atoms with Gasteiger partial charge < -0.3 is 11.1 Å². The summed E-state index contributed by atoms with van der Waals surface area (Å²) in [6.07, 6.45) is 2.22. The van der Waals surface area contributed by atoms with Crippen molar-refractivity contribution in [2.45, 2.75) is 39.2 Å². The molecule has 17 heavy (non-hydrogen) atoms. The third-order valence-corrected chi connectivity index (χ3v) is 3.48. The number of rotatable bonds is 4. The summed E-state index contributed by atoms with van der Waals surface area (Å²) < 4.78 is 0. The quantitative estimate of drug-likeness (QED) is 0.874. The van der Waals surface area contributed by atoms with Crippen molar-refractivity contribution in [2.75, 3.05) is 11.1 Å². The fourth-order valence-electron chi connectivity index (χ4n) is 1.98. The second kappa shape index (κ2) is 4.49. The van der Waals surface area contributed by atoms with Crippen LogP contribution in [-0.2, 0) is 0 Å². The van der Waals surface area contributed by atoms with E-state index in [-0.39, 0.29) is 5.54 Å². The van der Waals surface area contributed by atoms with Gasteiger partial charge in [0.05, 0.1) is 5.39 Å². The average molecular weight is 250 g/mol. The van der Waals surface area contributed by atoms with Crippen LogP contribution in [0.5, 0.6) is 0 Å². The standard InChI is InChI=1S/C12H18N4S/c1-4-6-12(2,3)16-9-8-5-7-17-10(8)15-11(13)14-9/h5,7H,4,6H2,1-3H3,(H3,13,14,15,16). The van der Waals surface area contributed by atoms with Crippen molar-refractivity contribution in [3.63, 3.8) is 0 Å². The molecule has 0 aliphatic carbocycles. The van der Waals surface area contributed by atoms with Crippen molar-refractivity contribution in [1.29, 1.82) is 0 Å². The first-order chi connectivity index (χ1) is 8.02. The van der Waals surface area contributed by atoms with Gasteiger partial charge in [-0.2, -0.15) is 4.98 Å². The van der Waals surface area contributed by atoms with Crippen LogP contribution in [0.1, 0.15) is 33.6 Å². The Bertz CT molecular complexity index is 518. The Morgan fingerprint density at radius 2 is 2.18 bits per heavy atom. The molecule has 2 aromatic rings. The lowest BCUT2D eigenvalue weighted by atomic mass is 9.99. The van der Waals surface area contributed by atoms with E-state index in [1.165, 1.54) is 0 Å². The maximum Gasteiger partial charge on any atom is 0.223 e. The van der Waals surface area contributed by atoms with Crippen LogP contribution in [0.4, 0.5) is 11.8 Å². The molecule has 0 amide bonds. The molecular weight excluding hydrogens is 232 g/mol. The maximum absolute atomic E-state index is 5.72. The van der Waals surface area contributed by atoms with Gasteiger partial charge in [0.1, 0.15) is 10.6 Å². The molecule has 2 aromatic heterocycles. The number of nitrogen functional groups attached to an aromatic ring is 1. The number of aromatic nitrogens is 2. The van der Waals surface area contributed by atoms with Gasteiger partial charge in [0, 0.05) is 5.54 Å². The molecule has 92 valence electrons. The Labute approximate surface area is 105 Å². The van der Waals surface area contributed by atoms with E-state index in [0.717, 1.165) is 28.9 Å². The fourth-order valence-corrected chi connectivity index (χ4v) is 2.75. The number of hydrogen-bond donors (Lipinski definition) is 2. The van der Waals surface area contributed by atoms with Gasteiger partial charge in [-0.25, -0.2) is 4.98 Å². The molecule has 0 saturated carbocycles. The zero-order valence-corrected chi connectivity index (χ0v) is 11.3. The zero-order valence-electron chi connectivity index (χ0n) is 10.4.